The van der Waals surface area contributed by atoms with Gasteiger partial charge in [-0.15, -0.1) is 0 Å². The van der Waals surface area contributed by atoms with E-state index in [4.69, 9.17) is 5.53 Å². The van der Waals surface area contributed by atoms with Crippen LogP contribution in [0.1, 0.15) is 46.5 Å². The first-order valence-electron chi connectivity index (χ1n) is 6.16. The molecule has 3 nitrogen and oxygen atoms in total. The predicted molar refractivity (Wildman–Crippen MR) is 60.9 cm³/mol. The summed E-state index contributed by atoms with van der Waals surface area (Å²) in [6.45, 7) is 6.31. The Morgan fingerprint density at radius 2 is 2.13 bits per heavy atom. The smallest absolute Gasteiger partial charge is 0.0938 e. The van der Waals surface area contributed by atoms with E-state index in [1.165, 1.54) is 19.3 Å². The number of aliphatic hydroxyl groups is 1. The van der Waals surface area contributed by atoms with E-state index in [9.17, 15) is 5.11 Å². The fraction of sp³-hybridized carbons (Fsp3) is 1.00. The van der Waals surface area contributed by atoms with Gasteiger partial charge in [-0.1, -0.05) is 33.1 Å². The Balaban J connectivity index is 2.63. The summed E-state index contributed by atoms with van der Waals surface area (Å²) in [4.78, 5) is 0. The number of aliphatic hydroxyl groups excluding tert-OH is 1. The SMILES string of the molecule is CCC1CCCC(C(O)C(C)N=N)C1C. The Morgan fingerprint density at radius 3 is 2.67 bits per heavy atom. The van der Waals surface area contributed by atoms with Crippen molar-refractivity contribution in [3.05, 3.63) is 0 Å². The highest BCUT2D eigenvalue weighted by molar-refractivity contribution is 4.86. The summed E-state index contributed by atoms with van der Waals surface area (Å²) in [6, 6.07) is -0.243. The molecular weight excluding hydrogens is 188 g/mol. The molecule has 0 amide bonds. The van der Waals surface area contributed by atoms with Gasteiger partial charge in [0.15, 0.2) is 0 Å². The van der Waals surface area contributed by atoms with Crippen LogP contribution in [-0.4, -0.2) is 17.3 Å². The summed E-state index contributed by atoms with van der Waals surface area (Å²) in [7, 11) is 0. The lowest BCUT2D eigenvalue weighted by molar-refractivity contribution is 0.0139. The molecule has 1 saturated carbocycles. The van der Waals surface area contributed by atoms with Crippen LogP contribution in [0.2, 0.25) is 0 Å². The monoisotopic (exact) mass is 212 g/mol. The van der Waals surface area contributed by atoms with Gasteiger partial charge in [-0.3, -0.25) is 0 Å². The molecule has 0 aromatic carbocycles. The Kier molecular flexibility index (Phi) is 4.71. The zero-order valence-corrected chi connectivity index (χ0v) is 10.1. The van der Waals surface area contributed by atoms with E-state index in [0.717, 1.165) is 12.3 Å². The van der Waals surface area contributed by atoms with Gasteiger partial charge in [-0.25, -0.2) is 5.53 Å². The van der Waals surface area contributed by atoms with E-state index in [-0.39, 0.29) is 6.04 Å². The van der Waals surface area contributed by atoms with Gasteiger partial charge in [0.1, 0.15) is 0 Å². The van der Waals surface area contributed by atoms with Crippen LogP contribution in [0.5, 0.6) is 0 Å². The van der Waals surface area contributed by atoms with E-state index in [1.807, 2.05) is 6.92 Å². The van der Waals surface area contributed by atoms with Gasteiger partial charge in [0, 0.05) is 0 Å². The van der Waals surface area contributed by atoms with Gasteiger partial charge in [0.05, 0.1) is 12.1 Å². The maximum atomic E-state index is 10.1. The fourth-order valence-electron chi connectivity index (χ4n) is 2.98. The Morgan fingerprint density at radius 1 is 1.47 bits per heavy atom. The zero-order chi connectivity index (χ0) is 11.4. The quantitative estimate of drug-likeness (QED) is 0.691. The van der Waals surface area contributed by atoms with Crippen LogP contribution in [0.15, 0.2) is 5.11 Å². The number of rotatable bonds is 4. The second-order valence-corrected chi connectivity index (χ2v) is 4.98. The van der Waals surface area contributed by atoms with Crippen molar-refractivity contribution < 1.29 is 5.11 Å². The lowest BCUT2D eigenvalue weighted by Crippen LogP contribution is -2.39. The van der Waals surface area contributed by atoms with Crippen molar-refractivity contribution in [3.63, 3.8) is 0 Å². The van der Waals surface area contributed by atoms with Crippen molar-refractivity contribution in [1.29, 1.82) is 5.53 Å². The highest BCUT2D eigenvalue weighted by Crippen LogP contribution is 2.39. The van der Waals surface area contributed by atoms with Crippen LogP contribution >= 0.6 is 0 Å². The molecule has 1 fully saturated rings. The maximum Gasteiger partial charge on any atom is 0.0938 e. The fourth-order valence-corrected chi connectivity index (χ4v) is 2.98. The summed E-state index contributed by atoms with van der Waals surface area (Å²) in [6.07, 6.45) is 4.39. The van der Waals surface area contributed by atoms with Crippen LogP contribution in [-0.2, 0) is 0 Å². The first kappa shape index (κ1) is 12.6. The van der Waals surface area contributed by atoms with Crippen LogP contribution < -0.4 is 0 Å². The minimum atomic E-state index is -0.424. The van der Waals surface area contributed by atoms with E-state index < -0.39 is 6.10 Å². The molecule has 0 heterocycles. The third-order valence-corrected chi connectivity index (χ3v) is 4.19. The molecule has 1 aliphatic carbocycles. The van der Waals surface area contributed by atoms with E-state index in [2.05, 4.69) is 19.0 Å². The molecule has 0 aliphatic heterocycles. The molecule has 0 saturated heterocycles. The molecule has 0 radical (unpaired) electrons. The number of hydrogen-bond donors (Lipinski definition) is 2. The van der Waals surface area contributed by atoms with Gasteiger partial charge in [0.25, 0.3) is 0 Å². The lowest BCUT2D eigenvalue weighted by Gasteiger charge is -2.39. The predicted octanol–water partition coefficient (Wildman–Crippen LogP) is 3.23. The largest absolute Gasteiger partial charge is 0.391 e. The second-order valence-electron chi connectivity index (χ2n) is 4.98. The molecule has 5 unspecified atom stereocenters. The standard InChI is InChI=1S/C12H24N2O/c1-4-10-6-5-7-11(8(10)2)12(15)9(3)14-13/h8-13,15H,4-7H2,1-3H3. The molecular formula is C12H24N2O. The Hall–Kier alpha value is -0.440. The van der Waals surface area contributed by atoms with E-state index in [0.29, 0.717) is 11.8 Å². The third-order valence-electron chi connectivity index (χ3n) is 4.19. The zero-order valence-electron chi connectivity index (χ0n) is 10.1. The van der Waals surface area contributed by atoms with Crippen molar-refractivity contribution in [1.82, 2.24) is 0 Å². The first-order chi connectivity index (χ1) is 7.11. The summed E-state index contributed by atoms with van der Waals surface area (Å²) < 4.78 is 0. The van der Waals surface area contributed by atoms with Crippen LogP contribution in [0, 0.1) is 23.3 Å². The molecule has 3 heteroatoms. The summed E-state index contributed by atoms with van der Waals surface area (Å²) >= 11 is 0. The average Bonchev–Trinajstić information content (AvgIpc) is 2.27. The topological polar surface area (TPSA) is 56.4 Å². The van der Waals surface area contributed by atoms with Crippen molar-refractivity contribution in [2.24, 2.45) is 22.9 Å². The molecule has 0 aromatic rings. The Labute approximate surface area is 92.8 Å². The number of hydrogen-bond acceptors (Lipinski definition) is 3. The number of nitrogens with one attached hydrogen (secondary N) is 1. The maximum absolute atomic E-state index is 10.1. The molecule has 5 atom stereocenters. The normalized spacial score (nSPS) is 35.9. The summed E-state index contributed by atoms with van der Waals surface area (Å²) in [5.41, 5.74) is 6.98. The molecule has 0 bridgehead atoms. The van der Waals surface area contributed by atoms with Crippen LogP contribution in [0.4, 0.5) is 0 Å². The molecule has 2 N–H and O–H groups in total. The molecule has 88 valence electrons. The summed E-state index contributed by atoms with van der Waals surface area (Å²) in [5.74, 6) is 1.66. The minimum Gasteiger partial charge on any atom is -0.391 e. The minimum absolute atomic E-state index is 0.243. The van der Waals surface area contributed by atoms with Gasteiger partial charge < -0.3 is 5.11 Å². The van der Waals surface area contributed by atoms with Crippen molar-refractivity contribution in [2.75, 3.05) is 0 Å². The second kappa shape index (κ2) is 5.59. The highest BCUT2D eigenvalue weighted by Gasteiger charge is 2.35. The van der Waals surface area contributed by atoms with Gasteiger partial charge in [0.2, 0.25) is 0 Å². The molecule has 15 heavy (non-hydrogen) atoms. The van der Waals surface area contributed by atoms with Crippen LogP contribution in [0.3, 0.4) is 0 Å². The lowest BCUT2D eigenvalue weighted by atomic mass is 9.69. The van der Waals surface area contributed by atoms with Crippen molar-refractivity contribution >= 4 is 0 Å². The van der Waals surface area contributed by atoms with E-state index in [1.54, 1.807) is 0 Å². The van der Waals surface area contributed by atoms with Crippen molar-refractivity contribution in [2.45, 2.75) is 58.6 Å². The van der Waals surface area contributed by atoms with Crippen molar-refractivity contribution in [3.8, 4) is 0 Å². The molecule has 1 rings (SSSR count). The van der Waals surface area contributed by atoms with Gasteiger partial charge >= 0.3 is 0 Å². The van der Waals surface area contributed by atoms with E-state index >= 15 is 0 Å². The number of nitrogens with zero attached hydrogens (tertiary/aromatic N) is 1. The third kappa shape index (κ3) is 2.77. The highest BCUT2D eigenvalue weighted by atomic mass is 16.3. The molecule has 0 aromatic heterocycles. The first-order valence-corrected chi connectivity index (χ1v) is 6.16. The van der Waals surface area contributed by atoms with Gasteiger partial charge in [-0.2, -0.15) is 5.11 Å². The average molecular weight is 212 g/mol. The Bertz CT molecular complexity index is 208. The molecule has 1 aliphatic rings. The van der Waals surface area contributed by atoms with Crippen LogP contribution in [0.25, 0.3) is 0 Å². The summed E-state index contributed by atoms with van der Waals surface area (Å²) in [5, 5.41) is 13.6. The molecule has 0 spiro atoms. The van der Waals surface area contributed by atoms with Gasteiger partial charge in [-0.05, 0) is 31.1 Å².